The highest BCUT2D eigenvalue weighted by Gasteiger charge is 2.49. The van der Waals surface area contributed by atoms with Crippen LogP contribution in [-0.2, 0) is 14.3 Å². The summed E-state index contributed by atoms with van der Waals surface area (Å²) in [6.45, 7) is 2.10. The molecule has 2 fully saturated rings. The van der Waals surface area contributed by atoms with E-state index in [1.165, 1.54) is 0 Å². The highest BCUT2D eigenvalue weighted by Crippen LogP contribution is 2.42. The Bertz CT molecular complexity index is 212. The van der Waals surface area contributed by atoms with Crippen molar-refractivity contribution in [3.8, 4) is 0 Å². The van der Waals surface area contributed by atoms with Gasteiger partial charge in [0, 0.05) is 0 Å². The predicted octanol–water partition coefficient (Wildman–Crippen LogP) is 1.12. The standard InChI is InChI=1S/C9H12O3/c1-2-5-3-6-7(4-5)9(11)12-8(6)10/h5-7H,2-4H2,1H3. The highest BCUT2D eigenvalue weighted by molar-refractivity contribution is 5.96. The number of carbonyl (C=O) groups excluding carboxylic acids is 2. The molecule has 0 bridgehead atoms. The van der Waals surface area contributed by atoms with E-state index in [9.17, 15) is 9.59 Å². The first kappa shape index (κ1) is 7.77. The third kappa shape index (κ3) is 0.958. The third-order valence-electron chi connectivity index (χ3n) is 3.04. The number of carbonyl (C=O) groups is 2. The molecule has 0 N–H and O–H groups in total. The van der Waals surface area contributed by atoms with Crippen LogP contribution in [0.3, 0.4) is 0 Å². The SMILES string of the molecule is CCC1CC2C(=O)OC(=O)C2C1. The molecule has 2 unspecified atom stereocenters. The van der Waals surface area contributed by atoms with Gasteiger partial charge < -0.3 is 4.74 Å². The van der Waals surface area contributed by atoms with E-state index in [1.807, 2.05) is 0 Å². The van der Waals surface area contributed by atoms with Crippen molar-refractivity contribution in [3.05, 3.63) is 0 Å². The molecule has 1 aliphatic heterocycles. The topological polar surface area (TPSA) is 43.4 Å². The lowest BCUT2D eigenvalue weighted by atomic mass is 10.00. The molecule has 12 heavy (non-hydrogen) atoms. The molecule has 1 aliphatic carbocycles. The van der Waals surface area contributed by atoms with E-state index in [1.54, 1.807) is 0 Å². The zero-order valence-electron chi connectivity index (χ0n) is 7.08. The first-order valence-electron chi connectivity index (χ1n) is 4.48. The summed E-state index contributed by atoms with van der Waals surface area (Å²) in [5.74, 6) is -0.247. The summed E-state index contributed by atoms with van der Waals surface area (Å²) in [5, 5.41) is 0. The fourth-order valence-corrected chi connectivity index (χ4v) is 2.25. The lowest BCUT2D eigenvalue weighted by Gasteiger charge is -2.04. The zero-order chi connectivity index (χ0) is 8.72. The van der Waals surface area contributed by atoms with Crippen LogP contribution in [0.1, 0.15) is 26.2 Å². The van der Waals surface area contributed by atoms with Crippen LogP contribution in [0.2, 0.25) is 0 Å². The van der Waals surface area contributed by atoms with Crippen molar-refractivity contribution in [2.24, 2.45) is 17.8 Å². The number of hydrogen-bond acceptors (Lipinski definition) is 3. The Morgan fingerprint density at radius 3 is 2.17 bits per heavy atom. The monoisotopic (exact) mass is 168 g/mol. The summed E-state index contributed by atoms with van der Waals surface area (Å²) >= 11 is 0. The first-order valence-corrected chi connectivity index (χ1v) is 4.48. The summed E-state index contributed by atoms with van der Waals surface area (Å²) in [6, 6.07) is 0. The molecular formula is C9H12O3. The van der Waals surface area contributed by atoms with E-state index < -0.39 is 0 Å². The summed E-state index contributed by atoms with van der Waals surface area (Å²) in [6.07, 6.45) is 2.77. The Labute approximate surface area is 71.1 Å². The molecule has 2 rings (SSSR count). The van der Waals surface area contributed by atoms with Gasteiger partial charge in [-0.05, 0) is 18.8 Å². The minimum Gasteiger partial charge on any atom is -0.393 e. The molecule has 2 aliphatic rings. The largest absolute Gasteiger partial charge is 0.393 e. The molecule has 0 aromatic carbocycles. The number of hydrogen-bond donors (Lipinski definition) is 0. The van der Waals surface area contributed by atoms with Crippen molar-refractivity contribution in [2.75, 3.05) is 0 Å². The molecule has 1 heterocycles. The first-order chi connectivity index (χ1) is 5.72. The van der Waals surface area contributed by atoms with E-state index in [4.69, 9.17) is 0 Å². The van der Waals surface area contributed by atoms with Crippen LogP contribution in [0.5, 0.6) is 0 Å². The van der Waals surface area contributed by atoms with Crippen LogP contribution in [0.25, 0.3) is 0 Å². The Morgan fingerprint density at radius 2 is 1.75 bits per heavy atom. The van der Waals surface area contributed by atoms with Crippen LogP contribution in [-0.4, -0.2) is 11.9 Å². The van der Waals surface area contributed by atoms with Gasteiger partial charge in [0.1, 0.15) is 0 Å². The van der Waals surface area contributed by atoms with Crippen molar-refractivity contribution < 1.29 is 14.3 Å². The van der Waals surface area contributed by atoms with Gasteiger partial charge >= 0.3 is 11.9 Å². The van der Waals surface area contributed by atoms with Gasteiger partial charge in [-0.3, -0.25) is 9.59 Å². The lowest BCUT2D eigenvalue weighted by Crippen LogP contribution is -2.09. The molecule has 66 valence electrons. The molecule has 0 radical (unpaired) electrons. The van der Waals surface area contributed by atoms with Gasteiger partial charge in [-0.15, -0.1) is 0 Å². The number of fused-ring (bicyclic) bond motifs is 1. The molecule has 0 aromatic heterocycles. The Balaban J connectivity index is 2.14. The number of rotatable bonds is 1. The summed E-state index contributed by atoms with van der Waals surface area (Å²) in [7, 11) is 0. The Morgan fingerprint density at radius 1 is 1.25 bits per heavy atom. The maximum Gasteiger partial charge on any atom is 0.317 e. The van der Waals surface area contributed by atoms with E-state index in [2.05, 4.69) is 11.7 Å². The van der Waals surface area contributed by atoms with Gasteiger partial charge in [0.05, 0.1) is 11.8 Å². The quantitative estimate of drug-likeness (QED) is 0.435. The fourth-order valence-electron chi connectivity index (χ4n) is 2.25. The van der Waals surface area contributed by atoms with Gasteiger partial charge in [-0.1, -0.05) is 13.3 Å². The molecular weight excluding hydrogens is 156 g/mol. The minimum atomic E-state index is -0.291. The second-order valence-corrected chi connectivity index (χ2v) is 3.70. The molecule has 3 heteroatoms. The lowest BCUT2D eigenvalue weighted by molar-refractivity contribution is -0.154. The molecule has 2 atom stereocenters. The number of cyclic esters (lactones) is 2. The zero-order valence-corrected chi connectivity index (χ0v) is 7.08. The Hall–Kier alpha value is -0.860. The molecule has 1 saturated heterocycles. The van der Waals surface area contributed by atoms with Crippen molar-refractivity contribution in [1.29, 1.82) is 0 Å². The van der Waals surface area contributed by atoms with Crippen molar-refractivity contribution >= 4 is 11.9 Å². The maximum atomic E-state index is 11.1. The van der Waals surface area contributed by atoms with Crippen LogP contribution >= 0.6 is 0 Å². The number of esters is 2. The van der Waals surface area contributed by atoms with Gasteiger partial charge in [-0.25, -0.2) is 0 Å². The number of ether oxygens (including phenoxy) is 1. The van der Waals surface area contributed by atoms with Gasteiger partial charge in [-0.2, -0.15) is 0 Å². The fraction of sp³-hybridized carbons (Fsp3) is 0.778. The van der Waals surface area contributed by atoms with Crippen molar-refractivity contribution in [2.45, 2.75) is 26.2 Å². The minimum absolute atomic E-state index is 0.109. The molecule has 3 nitrogen and oxygen atoms in total. The van der Waals surface area contributed by atoms with Gasteiger partial charge in [0.2, 0.25) is 0 Å². The summed E-state index contributed by atoms with van der Waals surface area (Å²) < 4.78 is 4.54. The predicted molar refractivity (Wildman–Crippen MR) is 41.1 cm³/mol. The van der Waals surface area contributed by atoms with Crippen LogP contribution in [0.4, 0.5) is 0 Å². The molecule has 0 amide bonds. The van der Waals surface area contributed by atoms with E-state index in [-0.39, 0.29) is 23.8 Å². The molecule has 0 aromatic rings. The third-order valence-corrected chi connectivity index (χ3v) is 3.04. The molecule has 0 spiro atoms. The van der Waals surface area contributed by atoms with Crippen molar-refractivity contribution in [1.82, 2.24) is 0 Å². The highest BCUT2D eigenvalue weighted by atomic mass is 16.6. The average Bonchev–Trinajstić information content (AvgIpc) is 2.55. The smallest absolute Gasteiger partial charge is 0.317 e. The van der Waals surface area contributed by atoms with E-state index in [0.29, 0.717) is 5.92 Å². The van der Waals surface area contributed by atoms with Gasteiger partial charge in [0.15, 0.2) is 0 Å². The summed E-state index contributed by atoms with van der Waals surface area (Å²) in [4.78, 5) is 22.2. The maximum absolute atomic E-state index is 11.1. The summed E-state index contributed by atoms with van der Waals surface area (Å²) in [5.41, 5.74) is 0. The van der Waals surface area contributed by atoms with Crippen molar-refractivity contribution in [3.63, 3.8) is 0 Å². The molecule has 1 saturated carbocycles. The van der Waals surface area contributed by atoms with Gasteiger partial charge in [0.25, 0.3) is 0 Å². The van der Waals surface area contributed by atoms with E-state index in [0.717, 1.165) is 19.3 Å². The van der Waals surface area contributed by atoms with Crippen LogP contribution in [0.15, 0.2) is 0 Å². The second kappa shape index (κ2) is 2.57. The second-order valence-electron chi connectivity index (χ2n) is 3.70. The Kier molecular flexibility index (Phi) is 1.67. The van der Waals surface area contributed by atoms with E-state index >= 15 is 0 Å². The van der Waals surface area contributed by atoms with Crippen LogP contribution in [0, 0.1) is 17.8 Å². The van der Waals surface area contributed by atoms with Crippen LogP contribution < -0.4 is 0 Å². The average molecular weight is 168 g/mol. The normalized spacial score (nSPS) is 39.9.